The molecule has 1 fully saturated rings. The van der Waals surface area contributed by atoms with E-state index in [0.29, 0.717) is 41.2 Å². The van der Waals surface area contributed by atoms with E-state index in [-0.39, 0.29) is 17.9 Å². The van der Waals surface area contributed by atoms with Gasteiger partial charge in [-0.05, 0) is 35.9 Å². The van der Waals surface area contributed by atoms with E-state index in [4.69, 9.17) is 34.8 Å². The van der Waals surface area contributed by atoms with Gasteiger partial charge >= 0.3 is 0 Å². The summed E-state index contributed by atoms with van der Waals surface area (Å²) in [6.07, 6.45) is 0.202. The van der Waals surface area contributed by atoms with Crippen molar-refractivity contribution in [3.63, 3.8) is 0 Å². The van der Waals surface area contributed by atoms with Crippen LogP contribution in [0.3, 0.4) is 0 Å². The van der Waals surface area contributed by atoms with Crippen molar-refractivity contribution in [3.8, 4) is 0 Å². The molecule has 0 aliphatic carbocycles. The molecule has 0 unspecified atom stereocenters. The predicted molar refractivity (Wildman–Crippen MR) is 104 cm³/mol. The summed E-state index contributed by atoms with van der Waals surface area (Å²) in [6, 6.07) is 8.97. The number of benzene rings is 2. The van der Waals surface area contributed by atoms with Crippen LogP contribution < -0.4 is 0 Å². The van der Waals surface area contributed by atoms with Crippen molar-refractivity contribution < 1.29 is 14.0 Å². The van der Waals surface area contributed by atoms with E-state index in [0.717, 1.165) is 5.56 Å². The Morgan fingerprint density at radius 3 is 2.22 bits per heavy atom. The first-order valence-electron chi connectivity index (χ1n) is 8.31. The fourth-order valence-electron chi connectivity index (χ4n) is 2.93. The van der Waals surface area contributed by atoms with E-state index in [1.54, 1.807) is 23.1 Å². The molecular formula is C19H16Cl3FN2O2. The second-order valence-electron chi connectivity index (χ2n) is 6.22. The van der Waals surface area contributed by atoms with Gasteiger partial charge in [-0.15, -0.1) is 0 Å². The lowest BCUT2D eigenvalue weighted by molar-refractivity contribution is -0.131. The topological polar surface area (TPSA) is 40.6 Å². The minimum Gasteiger partial charge on any atom is -0.339 e. The highest BCUT2D eigenvalue weighted by molar-refractivity contribution is 6.42. The molecular weight excluding hydrogens is 414 g/mol. The first-order chi connectivity index (χ1) is 12.8. The maximum Gasteiger partial charge on any atom is 0.257 e. The third-order valence-corrected chi connectivity index (χ3v) is 5.39. The van der Waals surface area contributed by atoms with E-state index in [1.165, 1.54) is 23.1 Å². The lowest BCUT2D eigenvalue weighted by Crippen LogP contribution is -2.51. The van der Waals surface area contributed by atoms with Crippen molar-refractivity contribution in [1.29, 1.82) is 0 Å². The molecule has 3 rings (SSSR count). The Morgan fingerprint density at radius 2 is 1.56 bits per heavy atom. The van der Waals surface area contributed by atoms with Gasteiger partial charge in [0.15, 0.2) is 0 Å². The largest absolute Gasteiger partial charge is 0.339 e. The van der Waals surface area contributed by atoms with Crippen molar-refractivity contribution in [2.75, 3.05) is 26.2 Å². The van der Waals surface area contributed by atoms with Gasteiger partial charge in [-0.2, -0.15) is 0 Å². The predicted octanol–water partition coefficient (Wildman–Crippen LogP) is 4.31. The standard InChI is InChI=1S/C19H16Cl3FN2O2/c20-13-2-4-17(23)14(11-13)19(27)25-7-5-24(6-8-25)18(26)10-12-1-3-15(21)16(22)9-12/h1-4,9,11H,5-8,10H2. The summed E-state index contributed by atoms with van der Waals surface area (Å²) in [7, 11) is 0. The Labute approximate surface area is 171 Å². The van der Waals surface area contributed by atoms with Gasteiger partial charge in [0.25, 0.3) is 5.91 Å². The second kappa shape index (κ2) is 8.46. The van der Waals surface area contributed by atoms with E-state index < -0.39 is 11.7 Å². The van der Waals surface area contributed by atoms with Crippen LogP contribution >= 0.6 is 34.8 Å². The minimum absolute atomic E-state index is 0.0573. The summed E-state index contributed by atoms with van der Waals surface area (Å²) >= 11 is 17.7. The number of piperazine rings is 1. The van der Waals surface area contributed by atoms with Gasteiger partial charge < -0.3 is 9.80 Å². The summed E-state index contributed by atoms with van der Waals surface area (Å²) in [6.45, 7) is 1.43. The van der Waals surface area contributed by atoms with Gasteiger partial charge in [-0.25, -0.2) is 4.39 Å². The molecule has 8 heteroatoms. The highest BCUT2D eigenvalue weighted by Crippen LogP contribution is 2.23. The summed E-state index contributed by atoms with van der Waals surface area (Å²) in [5.74, 6) is -1.09. The van der Waals surface area contributed by atoms with E-state index in [9.17, 15) is 14.0 Å². The first-order valence-corrected chi connectivity index (χ1v) is 9.44. The summed E-state index contributed by atoms with van der Waals surface area (Å²) in [4.78, 5) is 28.2. The smallest absolute Gasteiger partial charge is 0.257 e. The SMILES string of the molecule is O=C(Cc1ccc(Cl)c(Cl)c1)N1CCN(C(=O)c2cc(Cl)ccc2F)CC1. The molecule has 0 atom stereocenters. The number of nitrogens with zero attached hydrogens (tertiary/aromatic N) is 2. The molecule has 142 valence electrons. The highest BCUT2D eigenvalue weighted by atomic mass is 35.5. The van der Waals surface area contributed by atoms with Gasteiger partial charge in [0.2, 0.25) is 5.91 Å². The summed E-state index contributed by atoms with van der Waals surface area (Å²) in [5, 5.41) is 1.14. The van der Waals surface area contributed by atoms with Crippen LogP contribution in [0.1, 0.15) is 15.9 Å². The Hall–Kier alpha value is -1.82. The Balaban J connectivity index is 1.59. The van der Waals surface area contributed by atoms with Crippen LogP contribution in [0.2, 0.25) is 15.1 Å². The molecule has 1 aliphatic heterocycles. The van der Waals surface area contributed by atoms with E-state index >= 15 is 0 Å². The highest BCUT2D eigenvalue weighted by Gasteiger charge is 2.26. The average Bonchev–Trinajstić information content (AvgIpc) is 2.66. The van der Waals surface area contributed by atoms with Gasteiger partial charge in [0.05, 0.1) is 22.0 Å². The molecule has 27 heavy (non-hydrogen) atoms. The van der Waals surface area contributed by atoms with Crippen molar-refractivity contribution in [2.24, 2.45) is 0 Å². The van der Waals surface area contributed by atoms with Crippen molar-refractivity contribution in [2.45, 2.75) is 6.42 Å². The summed E-state index contributed by atoms with van der Waals surface area (Å²) < 4.78 is 13.9. The van der Waals surface area contributed by atoms with Gasteiger partial charge in [0, 0.05) is 31.2 Å². The molecule has 0 radical (unpaired) electrons. The summed E-state index contributed by atoms with van der Waals surface area (Å²) in [5.41, 5.74) is 0.715. The molecule has 2 amide bonds. The van der Waals surface area contributed by atoms with Crippen LogP contribution in [0.25, 0.3) is 0 Å². The van der Waals surface area contributed by atoms with Crippen LogP contribution in [0.5, 0.6) is 0 Å². The minimum atomic E-state index is -0.609. The average molecular weight is 430 g/mol. The molecule has 0 spiro atoms. The van der Waals surface area contributed by atoms with Crippen LogP contribution in [-0.2, 0) is 11.2 Å². The van der Waals surface area contributed by atoms with Crippen LogP contribution in [-0.4, -0.2) is 47.8 Å². The third-order valence-electron chi connectivity index (χ3n) is 4.42. The zero-order valence-corrected chi connectivity index (χ0v) is 16.5. The Bertz CT molecular complexity index is 883. The first kappa shape index (κ1) is 19.9. The van der Waals surface area contributed by atoms with Crippen LogP contribution in [0.15, 0.2) is 36.4 Å². The quantitative estimate of drug-likeness (QED) is 0.729. The number of amides is 2. The maximum absolute atomic E-state index is 13.9. The molecule has 0 N–H and O–H groups in total. The number of rotatable bonds is 3. The molecule has 1 saturated heterocycles. The van der Waals surface area contributed by atoms with Crippen LogP contribution in [0, 0.1) is 5.82 Å². The number of hydrogen-bond donors (Lipinski definition) is 0. The van der Waals surface area contributed by atoms with E-state index in [2.05, 4.69) is 0 Å². The molecule has 1 heterocycles. The number of carbonyl (C=O) groups excluding carboxylic acids is 2. The van der Waals surface area contributed by atoms with Crippen molar-refractivity contribution in [3.05, 3.63) is 68.4 Å². The number of halogens is 4. The Morgan fingerprint density at radius 1 is 0.889 bits per heavy atom. The van der Waals surface area contributed by atoms with E-state index in [1.807, 2.05) is 0 Å². The van der Waals surface area contributed by atoms with Gasteiger partial charge in [-0.1, -0.05) is 40.9 Å². The van der Waals surface area contributed by atoms with Gasteiger partial charge in [0.1, 0.15) is 5.82 Å². The monoisotopic (exact) mass is 428 g/mol. The molecule has 0 bridgehead atoms. The second-order valence-corrected chi connectivity index (χ2v) is 7.47. The normalized spacial score (nSPS) is 14.4. The van der Waals surface area contributed by atoms with Crippen molar-refractivity contribution in [1.82, 2.24) is 9.80 Å². The molecule has 1 aliphatic rings. The fraction of sp³-hybridized carbons (Fsp3) is 0.263. The van der Waals surface area contributed by atoms with Crippen molar-refractivity contribution >= 4 is 46.6 Å². The lowest BCUT2D eigenvalue weighted by Gasteiger charge is -2.35. The molecule has 4 nitrogen and oxygen atoms in total. The molecule has 2 aromatic carbocycles. The zero-order chi connectivity index (χ0) is 19.6. The number of hydrogen-bond acceptors (Lipinski definition) is 2. The third kappa shape index (κ3) is 4.72. The lowest BCUT2D eigenvalue weighted by atomic mass is 10.1. The number of carbonyl (C=O) groups is 2. The maximum atomic E-state index is 13.9. The molecule has 2 aromatic rings. The molecule has 0 aromatic heterocycles. The Kier molecular flexibility index (Phi) is 6.25. The zero-order valence-electron chi connectivity index (χ0n) is 14.2. The van der Waals surface area contributed by atoms with Crippen LogP contribution in [0.4, 0.5) is 4.39 Å². The van der Waals surface area contributed by atoms with Gasteiger partial charge in [-0.3, -0.25) is 9.59 Å². The fourth-order valence-corrected chi connectivity index (χ4v) is 3.42. The molecule has 0 saturated carbocycles.